The lowest BCUT2D eigenvalue weighted by molar-refractivity contribution is 0.660. The van der Waals surface area contributed by atoms with E-state index in [1.807, 2.05) is 12.3 Å². The van der Waals surface area contributed by atoms with Gasteiger partial charge in [0, 0.05) is 45.3 Å². The van der Waals surface area contributed by atoms with E-state index in [4.69, 9.17) is 4.98 Å². The number of benzene rings is 8. The average molecular weight is 706 g/mol. The molecule has 9 aromatic rings. The molecule has 1 aromatic heterocycles. The van der Waals surface area contributed by atoms with E-state index in [0.29, 0.717) is 0 Å². The average Bonchev–Trinajstić information content (AvgIpc) is 3.47. The zero-order valence-electron chi connectivity index (χ0n) is 30.9. The van der Waals surface area contributed by atoms with Gasteiger partial charge in [-0.1, -0.05) is 141 Å². The third-order valence-corrected chi connectivity index (χ3v) is 11.3. The van der Waals surface area contributed by atoms with Gasteiger partial charge in [0.15, 0.2) is 0 Å². The van der Waals surface area contributed by atoms with Gasteiger partial charge in [-0.2, -0.15) is 0 Å². The van der Waals surface area contributed by atoms with Gasteiger partial charge >= 0.3 is 0 Å². The largest absolute Gasteiger partial charge is 0.310 e. The molecule has 3 nitrogen and oxygen atoms in total. The van der Waals surface area contributed by atoms with Crippen molar-refractivity contribution in [2.24, 2.45) is 0 Å². The fourth-order valence-electron chi connectivity index (χ4n) is 8.46. The summed E-state index contributed by atoms with van der Waals surface area (Å²) in [6, 6.07) is 69.8. The van der Waals surface area contributed by atoms with E-state index in [1.165, 1.54) is 43.8 Å². The fraction of sp³-hybridized carbons (Fsp3) is 0.0577. The zero-order chi connectivity index (χ0) is 36.9. The second-order valence-electron chi connectivity index (χ2n) is 14.9. The van der Waals surface area contributed by atoms with E-state index >= 15 is 0 Å². The first-order valence-corrected chi connectivity index (χ1v) is 19.0. The molecule has 0 unspecified atom stereocenters. The highest BCUT2D eigenvalue weighted by molar-refractivity contribution is 5.99. The van der Waals surface area contributed by atoms with E-state index in [9.17, 15) is 0 Å². The summed E-state index contributed by atoms with van der Waals surface area (Å²) < 4.78 is 0. The molecule has 262 valence electrons. The standard InChI is InChI=1S/C52H39N3/c1-52(2)48-21-11-10-20-46(48)47-31-30-44(34-49(47)52)54(50-22-12-16-38-14-8-9-19-45(38)50)42-27-23-37(24-28-42)40-26-32-51(53-35-40)55(41-17-4-3-5-18-41)43-29-25-36-13-6-7-15-39(36)33-43/h3-35H,1-2H3. The lowest BCUT2D eigenvalue weighted by atomic mass is 9.82. The third kappa shape index (κ3) is 5.64. The van der Waals surface area contributed by atoms with Crippen molar-refractivity contribution in [2.45, 2.75) is 19.3 Å². The Morgan fingerprint density at radius 2 is 1.02 bits per heavy atom. The molecular weight excluding hydrogens is 667 g/mol. The predicted octanol–water partition coefficient (Wildman–Crippen LogP) is 14.3. The van der Waals surface area contributed by atoms with Gasteiger partial charge in [0.2, 0.25) is 0 Å². The number of rotatable bonds is 7. The molecule has 0 saturated carbocycles. The van der Waals surface area contributed by atoms with E-state index in [1.54, 1.807) is 0 Å². The lowest BCUT2D eigenvalue weighted by Crippen LogP contribution is -2.16. The molecule has 0 amide bonds. The molecule has 1 aliphatic carbocycles. The van der Waals surface area contributed by atoms with Crippen LogP contribution in [0.2, 0.25) is 0 Å². The number of nitrogens with zero attached hydrogens (tertiary/aromatic N) is 3. The summed E-state index contributed by atoms with van der Waals surface area (Å²) in [5.41, 5.74) is 13.0. The highest BCUT2D eigenvalue weighted by Gasteiger charge is 2.35. The fourth-order valence-corrected chi connectivity index (χ4v) is 8.46. The Morgan fingerprint density at radius 3 is 1.84 bits per heavy atom. The molecule has 0 aliphatic heterocycles. The molecular formula is C52H39N3. The van der Waals surface area contributed by atoms with E-state index in [2.05, 4.69) is 212 Å². The highest BCUT2D eigenvalue weighted by Crippen LogP contribution is 2.51. The first-order chi connectivity index (χ1) is 27.0. The number of hydrogen-bond donors (Lipinski definition) is 0. The van der Waals surface area contributed by atoms with Crippen molar-refractivity contribution in [3.8, 4) is 22.3 Å². The number of anilines is 6. The molecule has 0 radical (unpaired) electrons. The summed E-state index contributed by atoms with van der Waals surface area (Å²) in [6.07, 6.45) is 1.99. The van der Waals surface area contributed by atoms with Crippen LogP contribution in [0, 0.1) is 0 Å². The lowest BCUT2D eigenvalue weighted by Gasteiger charge is -2.29. The summed E-state index contributed by atoms with van der Waals surface area (Å²) in [6.45, 7) is 4.69. The van der Waals surface area contributed by atoms with Gasteiger partial charge in [-0.25, -0.2) is 4.98 Å². The van der Waals surface area contributed by atoms with E-state index in [0.717, 1.165) is 45.4 Å². The summed E-state index contributed by atoms with van der Waals surface area (Å²) in [4.78, 5) is 9.69. The molecule has 10 rings (SSSR count). The van der Waals surface area contributed by atoms with Crippen LogP contribution in [0.3, 0.4) is 0 Å². The molecule has 55 heavy (non-hydrogen) atoms. The van der Waals surface area contributed by atoms with Crippen LogP contribution >= 0.6 is 0 Å². The van der Waals surface area contributed by atoms with Gasteiger partial charge in [-0.3, -0.25) is 4.90 Å². The van der Waals surface area contributed by atoms with Gasteiger partial charge in [0.25, 0.3) is 0 Å². The van der Waals surface area contributed by atoms with Crippen LogP contribution in [0.4, 0.5) is 34.3 Å². The number of aromatic nitrogens is 1. The topological polar surface area (TPSA) is 19.4 Å². The van der Waals surface area contributed by atoms with Gasteiger partial charge in [-0.15, -0.1) is 0 Å². The van der Waals surface area contributed by atoms with Gasteiger partial charge in [0.1, 0.15) is 5.82 Å². The minimum absolute atomic E-state index is 0.0974. The minimum Gasteiger partial charge on any atom is -0.310 e. The first kappa shape index (κ1) is 32.7. The van der Waals surface area contributed by atoms with Crippen molar-refractivity contribution in [1.82, 2.24) is 4.98 Å². The Balaban J connectivity index is 1.03. The molecule has 0 saturated heterocycles. The molecule has 0 bridgehead atoms. The van der Waals surface area contributed by atoms with Crippen LogP contribution in [-0.4, -0.2) is 4.98 Å². The number of fused-ring (bicyclic) bond motifs is 5. The number of hydrogen-bond acceptors (Lipinski definition) is 3. The number of pyridine rings is 1. The van der Waals surface area contributed by atoms with Crippen LogP contribution < -0.4 is 9.80 Å². The Morgan fingerprint density at radius 1 is 0.400 bits per heavy atom. The van der Waals surface area contributed by atoms with Crippen LogP contribution in [0.15, 0.2) is 200 Å². The van der Waals surface area contributed by atoms with Crippen molar-refractivity contribution in [3.63, 3.8) is 0 Å². The smallest absolute Gasteiger partial charge is 0.137 e. The zero-order valence-corrected chi connectivity index (χ0v) is 30.9. The molecule has 0 fully saturated rings. The molecule has 1 aliphatic rings. The summed E-state index contributed by atoms with van der Waals surface area (Å²) in [5, 5.41) is 4.85. The summed E-state index contributed by atoms with van der Waals surface area (Å²) in [5.74, 6) is 0.866. The Bertz CT molecular complexity index is 2830. The van der Waals surface area contributed by atoms with Crippen LogP contribution in [0.5, 0.6) is 0 Å². The van der Waals surface area contributed by atoms with Crippen molar-refractivity contribution in [2.75, 3.05) is 9.80 Å². The quantitative estimate of drug-likeness (QED) is 0.165. The molecule has 3 heteroatoms. The van der Waals surface area contributed by atoms with E-state index < -0.39 is 0 Å². The molecule has 0 atom stereocenters. The molecule has 0 spiro atoms. The van der Waals surface area contributed by atoms with Crippen molar-refractivity contribution in [1.29, 1.82) is 0 Å². The van der Waals surface area contributed by atoms with Crippen molar-refractivity contribution < 1.29 is 0 Å². The Hall–Kier alpha value is -6.97. The maximum absolute atomic E-state index is 5.05. The molecule has 8 aromatic carbocycles. The van der Waals surface area contributed by atoms with Gasteiger partial charge in [0.05, 0.1) is 5.69 Å². The normalized spacial score (nSPS) is 12.7. The Kier molecular flexibility index (Phi) is 7.81. The van der Waals surface area contributed by atoms with Crippen molar-refractivity contribution >= 4 is 55.8 Å². The second-order valence-corrected chi connectivity index (χ2v) is 14.9. The van der Waals surface area contributed by atoms with Crippen molar-refractivity contribution in [3.05, 3.63) is 211 Å². The third-order valence-electron chi connectivity index (χ3n) is 11.3. The first-order valence-electron chi connectivity index (χ1n) is 19.0. The van der Waals surface area contributed by atoms with E-state index in [-0.39, 0.29) is 5.41 Å². The maximum atomic E-state index is 5.05. The van der Waals surface area contributed by atoms with Gasteiger partial charge < -0.3 is 4.90 Å². The monoisotopic (exact) mass is 705 g/mol. The SMILES string of the molecule is CC1(C)c2ccccc2-c2ccc(N(c3ccc(-c4ccc(N(c5ccccc5)c5ccc6ccccc6c5)nc4)cc3)c3cccc4ccccc34)cc21. The highest BCUT2D eigenvalue weighted by atomic mass is 15.2. The summed E-state index contributed by atoms with van der Waals surface area (Å²) in [7, 11) is 0. The van der Waals surface area contributed by atoms with Crippen LogP contribution in [0.1, 0.15) is 25.0 Å². The predicted molar refractivity (Wildman–Crippen MR) is 232 cm³/mol. The Labute approximate surface area is 322 Å². The maximum Gasteiger partial charge on any atom is 0.137 e. The summed E-state index contributed by atoms with van der Waals surface area (Å²) >= 11 is 0. The van der Waals surface area contributed by atoms with Crippen LogP contribution in [-0.2, 0) is 5.41 Å². The van der Waals surface area contributed by atoms with Crippen LogP contribution in [0.25, 0.3) is 43.8 Å². The molecule has 0 N–H and O–H groups in total. The number of para-hydroxylation sites is 1. The second kappa shape index (κ2) is 13.2. The minimum atomic E-state index is -0.0974. The van der Waals surface area contributed by atoms with Gasteiger partial charge in [-0.05, 0) is 111 Å². The molecule has 1 heterocycles.